The molecular formula is C31H30F3N5O4. The zero-order valence-corrected chi connectivity index (χ0v) is 23.6. The van der Waals surface area contributed by atoms with E-state index in [9.17, 15) is 13.6 Å². The summed E-state index contributed by atoms with van der Waals surface area (Å²) in [7, 11) is 3.00. The number of hydrogen-bond donors (Lipinski definition) is 0. The highest BCUT2D eigenvalue weighted by Gasteiger charge is 2.47. The van der Waals surface area contributed by atoms with Gasteiger partial charge in [0, 0.05) is 67.5 Å². The highest BCUT2D eigenvalue weighted by Crippen LogP contribution is 2.48. The van der Waals surface area contributed by atoms with Crippen molar-refractivity contribution in [3.63, 3.8) is 0 Å². The van der Waals surface area contributed by atoms with Gasteiger partial charge in [-0.2, -0.15) is 8.78 Å². The molecular weight excluding hydrogens is 563 g/mol. The van der Waals surface area contributed by atoms with Crippen LogP contribution >= 0.6 is 0 Å². The molecule has 2 aliphatic carbocycles. The minimum atomic E-state index is -2.97. The van der Waals surface area contributed by atoms with Gasteiger partial charge in [-0.3, -0.25) is 4.79 Å². The summed E-state index contributed by atoms with van der Waals surface area (Å²) < 4.78 is 59.3. The molecule has 1 aromatic carbocycles. The molecule has 0 amide bonds. The lowest BCUT2D eigenvalue weighted by Gasteiger charge is -2.36. The summed E-state index contributed by atoms with van der Waals surface area (Å²) >= 11 is 0. The number of rotatable bonds is 7. The van der Waals surface area contributed by atoms with Crippen molar-refractivity contribution in [1.29, 1.82) is 0 Å². The first kappa shape index (κ1) is 27.6. The largest absolute Gasteiger partial charge is 0.469 e. The van der Waals surface area contributed by atoms with Crippen LogP contribution in [0.3, 0.4) is 0 Å². The number of esters is 1. The Kier molecular flexibility index (Phi) is 6.95. The second-order valence-electron chi connectivity index (χ2n) is 11.4. The van der Waals surface area contributed by atoms with Crippen molar-refractivity contribution in [3.05, 3.63) is 71.7 Å². The Morgan fingerprint density at radius 2 is 1.79 bits per heavy atom. The van der Waals surface area contributed by atoms with E-state index in [0.29, 0.717) is 47.9 Å². The second kappa shape index (κ2) is 10.8. The number of benzene rings is 1. The van der Waals surface area contributed by atoms with Gasteiger partial charge in [0.05, 0.1) is 24.4 Å². The number of alkyl halides is 2. The van der Waals surface area contributed by atoms with Gasteiger partial charge in [0.1, 0.15) is 23.3 Å². The Hall–Kier alpha value is -4.19. The minimum absolute atomic E-state index is 0.0792. The molecule has 4 aromatic rings. The number of ether oxygens (including phenoxy) is 3. The van der Waals surface area contributed by atoms with Gasteiger partial charge in [-0.15, -0.1) is 0 Å². The molecule has 3 aliphatic rings. The number of anilines is 1. The van der Waals surface area contributed by atoms with Crippen LogP contribution in [0, 0.1) is 23.6 Å². The zero-order valence-electron chi connectivity index (χ0n) is 23.6. The van der Waals surface area contributed by atoms with E-state index in [2.05, 4.69) is 19.9 Å². The fourth-order valence-electron chi connectivity index (χ4n) is 7.32. The van der Waals surface area contributed by atoms with Gasteiger partial charge in [-0.05, 0) is 37.2 Å². The van der Waals surface area contributed by atoms with Crippen LogP contribution in [0.15, 0.2) is 48.9 Å². The number of pyridine rings is 1. The summed E-state index contributed by atoms with van der Waals surface area (Å²) in [6.45, 7) is -1.65. The topological polar surface area (TPSA) is 91.1 Å². The maximum absolute atomic E-state index is 15.5. The van der Waals surface area contributed by atoms with Crippen molar-refractivity contribution in [2.45, 2.75) is 37.9 Å². The lowest BCUT2D eigenvalue weighted by molar-refractivity contribution is -0.148. The van der Waals surface area contributed by atoms with E-state index < -0.39 is 18.5 Å². The number of methoxy groups -OCH3 is 2. The maximum Gasteiger partial charge on any atom is 0.387 e. The molecule has 4 heterocycles. The zero-order chi connectivity index (χ0) is 29.8. The van der Waals surface area contributed by atoms with Crippen LogP contribution in [-0.2, 0) is 14.3 Å². The maximum atomic E-state index is 15.5. The van der Waals surface area contributed by atoms with E-state index in [1.165, 1.54) is 19.2 Å². The Bertz CT molecular complexity index is 1670. The van der Waals surface area contributed by atoms with Gasteiger partial charge in [-0.1, -0.05) is 18.2 Å². The summed E-state index contributed by atoms with van der Waals surface area (Å²) in [5.41, 5.74) is 3.08. The van der Waals surface area contributed by atoms with Crippen molar-refractivity contribution >= 4 is 17.6 Å². The molecule has 3 aromatic heterocycles. The highest BCUT2D eigenvalue weighted by atomic mass is 19.3. The van der Waals surface area contributed by atoms with E-state index >= 15 is 4.39 Å². The van der Waals surface area contributed by atoms with E-state index in [0.717, 1.165) is 18.5 Å². The molecule has 1 aliphatic heterocycles. The van der Waals surface area contributed by atoms with Crippen LogP contribution in [0.4, 0.5) is 19.1 Å². The SMILES string of the molecule is COC(=O)C1C2CCC1CN(c1ncc(-c3cn4c5c(nc4cc3F)C(OC)CC5c3ccccc3OC(F)F)cn1)C2. The number of halogens is 3. The monoisotopic (exact) mass is 593 g/mol. The van der Waals surface area contributed by atoms with Crippen molar-refractivity contribution in [1.82, 2.24) is 19.4 Å². The number of piperidine rings is 1. The Morgan fingerprint density at radius 3 is 2.47 bits per heavy atom. The second-order valence-corrected chi connectivity index (χ2v) is 11.4. The third kappa shape index (κ3) is 4.68. The summed E-state index contributed by atoms with van der Waals surface area (Å²) in [6, 6.07) is 8.02. The number of carbonyl (C=O) groups is 1. The Morgan fingerprint density at radius 1 is 1.07 bits per heavy atom. The fourth-order valence-corrected chi connectivity index (χ4v) is 7.32. The molecule has 7 rings (SSSR count). The molecule has 1 saturated heterocycles. The molecule has 0 radical (unpaired) electrons. The molecule has 43 heavy (non-hydrogen) atoms. The van der Waals surface area contributed by atoms with Crippen LogP contribution in [-0.4, -0.2) is 59.2 Å². The van der Waals surface area contributed by atoms with E-state index in [-0.39, 0.29) is 41.0 Å². The summed E-state index contributed by atoms with van der Waals surface area (Å²) in [5, 5.41) is 0. The van der Waals surface area contributed by atoms with Gasteiger partial charge in [0.2, 0.25) is 5.95 Å². The predicted octanol–water partition coefficient (Wildman–Crippen LogP) is 5.39. The van der Waals surface area contributed by atoms with Crippen molar-refractivity contribution < 1.29 is 32.2 Å². The van der Waals surface area contributed by atoms with Gasteiger partial charge in [-0.25, -0.2) is 19.3 Å². The first-order valence-electron chi connectivity index (χ1n) is 14.3. The summed E-state index contributed by atoms with van der Waals surface area (Å²) in [5.74, 6) is -0.0988. The number of para-hydroxylation sites is 1. The average molecular weight is 594 g/mol. The molecule has 0 N–H and O–H groups in total. The molecule has 12 heteroatoms. The molecule has 9 nitrogen and oxygen atoms in total. The van der Waals surface area contributed by atoms with Crippen LogP contribution in [0.1, 0.15) is 48.2 Å². The smallest absolute Gasteiger partial charge is 0.387 e. The van der Waals surface area contributed by atoms with Gasteiger partial charge < -0.3 is 23.5 Å². The predicted molar refractivity (Wildman–Crippen MR) is 149 cm³/mol. The number of imidazole rings is 1. The third-order valence-corrected chi connectivity index (χ3v) is 9.19. The van der Waals surface area contributed by atoms with E-state index in [1.54, 1.807) is 48.3 Å². The van der Waals surface area contributed by atoms with Gasteiger partial charge in [0.25, 0.3) is 0 Å². The van der Waals surface area contributed by atoms with Crippen LogP contribution in [0.2, 0.25) is 0 Å². The first-order valence-corrected chi connectivity index (χ1v) is 14.3. The molecule has 4 atom stereocenters. The van der Waals surface area contributed by atoms with Crippen molar-refractivity contribution in [3.8, 4) is 16.9 Å². The third-order valence-electron chi connectivity index (χ3n) is 9.19. The number of nitrogens with zero attached hydrogens (tertiary/aromatic N) is 5. The highest BCUT2D eigenvalue weighted by molar-refractivity contribution is 5.74. The molecule has 224 valence electrons. The van der Waals surface area contributed by atoms with E-state index in [1.807, 2.05) is 0 Å². The van der Waals surface area contributed by atoms with Crippen molar-refractivity contribution in [2.75, 3.05) is 32.2 Å². The van der Waals surface area contributed by atoms with Crippen LogP contribution in [0.5, 0.6) is 5.75 Å². The fraction of sp³-hybridized carbons (Fsp3) is 0.419. The molecule has 0 spiro atoms. The Balaban J connectivity index is 1.22. The Labute approximate surface area is 245 Å². The minimum Gasteiger partial charge on any atom is -0.469 e. The number of fused-ring (bicyclic) bond motifs is 5. The molecule has 4 unspecified atom stereocenters. The molecule has 2 bridgehead atoms. The lowest BCUT2D eigenvalue weighted by atomic mass is 9.85. The number of aromatic nitrogens is 4. The van der Waals surface area contributed by atoms with Gasteiger partial charge in [0.15, 0.2) is 0 Å². The lowest BCUT2D eigenvalue weighted by Crippen LogP contribution is -2.45. The van der Waals surface area contributed by atoms with Crippen LogP contribution in [0.25, 0.3) is 16.8 Å². The molecule has 1 saturated carbocycles. The quantitative estimate of drug-likeness (QED) is 0.264. The summed E-state index contributed by atoms with van der Waals surface area (Å²) in [6.07, 6.45) is 6.84. The number of hydrogen-bond acceptors (Lipinski definition) is 8. The molecule has 2 fully saturated rings. The summed E-state index contributed by atoms with van der Waals surface area (Å²) in [4.78, 5) is 28.2. The van der Waals surface area contributed by atoms with Crippen molar-refractivity contribution in [2.24, 2.45) is 17.8 Å². The van der Waals surface area contributed by atoms with Gasteiger partial charge >= 0.3 is 12.6 Å². The average Bonchev–Trinajstić information content (AvgIpc) is 3.63. The van der Waals surface area contributed by atoms with E-state index in [4.69, 9.17) is 14.2 Å². The van der Waals surface area contributed by atoms with Crippen LogP contribution < -0.4 is 9.64 Å². The first-order chi connectivity index (χ1) is 20.9. The normalized spacial score (nSPS) is 24.5. The standard InChI is InChI=1S/C31H30F3N5O4/c1-41-24-9-20(19-5-3-4-6-23(19)43-30(33)34)28-27(24)37-25-10-22(32)21(15-39(25)28)18-11-35-31(36-12-18)38-13-16-7-8-17(14-38)26(16)29(40)42-2/h3-6,10-12,15-17,20,24,26,30H,7-9,13-14H2,1-2H3. The number of carbonyl (C=O) groups excluding carboxylic acids is 1.